The van der Waals surface area contributed by atoms with E-state index in [-0.39, 0.29) is 12.0 Å². The lowest BCUT2D eigenvalue weighted by Crippen LogP contribution is -2.52. The number of carbonyl (C=O) groups is 1. The van der Waals surface area contributed by atoms with Crippen molar-refractivity contribution in [1.82, 2.24) is 10.2 Å². The highest BCUT2D eigenvalue weighted by atomic mass is 16.5. The van der Waals surface area contributed by atoms with Crippen molar-refractivity contribution in [2.24, 2.45) is 5.92 Å². The lowest BCUT2D eigenvalue weighted by molar-refractivity contribution is -0.139. The molecule has 1 amide bonds. The quantitative estimate of drug-likeness (QED) is 0.798. The molecule has 1 N–H and O–H groups in total. The maximum atomic E-state index is 12.3. The molecule has 0 aromatic carbocycles. The van der Waals surface area contributed by atoms with Crippen LogP contribution in [0.15, 0.2) is 0 Å². The highest BCUT2D eigenvalue weighted by Gasteiger charge is 2.31. The van der Waals surface area contributed by atoms with Gasteiger partial charge in [0, 0.05) is 19.1 Å². The molecule has 4 heteroatoms. The van der Waals surface area contributed by atoms with Gasteiger partial charge in [-0.25, -0.2) is 0 Å². The fraction of sp³-hybridized carbons (Fsp3) is 0.933. The minimum Gasteiger partial charge on any atom is -0.366 e. The van der Waals surface area contributed by atoms with Gasteiger partial charge in [-0.3, -0.25) is 4.79 Å². The van der Waals surface area contributed by atoms with E-state index in [0.29, 0.717) is 18.6 Å². The molecule has 1 aliphatic heterocycles. The Morgan fingerprint density at radius 2 is 2.26 bits per heavy atom. The van der Waals surface area contributed by atoms with Crippen LogP contribution in [0.4, 0.5) is 0 Å². The highest BCUT2D eigenvalue weighted by molar-refractivity contribution is 5.81. The molecule has 1 saturated carbocycles. The van der Waals surface area contributed by atoms with Crippen LogP contribution in [0, 0.1) is 5.92 Å². The number of likely N-dealkylation sites (N-methyl/N-ethyl adjacent to an activating group) is 1. The molecule has 4 nitrogen and oxygen atoms in total. The molecule has 1 saturated heterocycles. The Morgan fingerprint density at radius 3 is 2.84 bits per heavy atom. The largest absolute Gasteiger partial charge is 0.366 e. The number of rotatable bonds is 6. The summed E-state index contributed by atoms with van der Waals surface area (Å²) in [4.78, 5) is 14.5. The van der Waals surface area contributed by atoms with Crippen LogP contribution in [0.25, 0.3) is 0 Å². The molecule has 0 aromatic rings. The number of ether oxygens (including phenoxy) is 1. The van der Waals surface area contributed by atoms with E-state index in [4.69, 9.17) is 4.74 Å². The Balaban J connectivity index is 1.82. The predicted molar refractivity (Wildman–Crippen MR) is 76.0 cm³/mol. The van der Waals surface area contributed by atoms with Gasteiger partial charge in [-0.05, 0) is 32.2 Å². The molecule has 0 aromatic heterocycles. The topological polar surface area (TPSA) is 41.6 Å². The summed E-state index contributed by atoms with van der Waals surface area (Å²) in [5, 5.41) is 3.25. The fourth-order valence-electron chi connectivity index (χ4n) is 2.90. The minimum atomic E-state index is -0.275. The van der Waals surface area contributed by atoms with Crippen LogP contribution >= 0.6 is 0 Å². The van der Waals surface area contributed by atoms with Crippen molar-refractivity contribution < 1.29 is 9.53 Å². The molecule has 0 spiro atoms. The zero-order valence-corrected chi connectivity index (χ0v) is 12.4. The molecule has 0 bridgehead atoms. The second kappa shape index (κ2) is 7.25. The lowest BCUT2D eigenvalue weighted by atomic mass is 9.78. The summed E-state index contributed by atoms with van der Waals surface area (Å²) in [6.45, 7) is 4.51. The Labute approximate surface area is 116 Å². The molecule has 1 heterocycles. The van der Waals surface area contributed by atoms with Crippen LogP contribution in [0.5, 0.6) is 0 Å². The lowest BCUT2D eigenvalue weighted by Gasteiger charge is -2.36. The van der Waals surface area contributed by atoms with Gasteiger partial charge in [-0.1, -0.05) is 26.2 Å². The number of hydrogen-bond acceptors (Lipinski definition) is 3. The molecule has 2 atom stereocenters. The van der Waals surface area contributed by atoms with Crippen molar-refractivity contribution in [2.75, 3.05) is 26.7 Å². The zero-order chi connectivity index (χ0) is 13.7. The van der Waals surface area contributed by atoms with Crippen molar-refractivity contribution in [2.45, 2.75) is 57.6 Å². The van der Waals surface area contributed by atoms with Gasteiger partial charge in [0.2, 0.25) is 0 Å². The molecular formula is C15H28N2O2. The van der Waals surface area contributed by atoms with E-state index in [1.54, 1.807) is 0 Å². The SMILES string of the molecule is CCCCC(NC(=O)C1CN(C)CCO1)C1CCC1. The molecular weight excluding hydrogens is 240 g/mol. The Morgan fingerprint density at radius 1 is 1.47 bits per heavy atom. The van der Waals surface area contributed by atoms with E-state index >= 15 is 0 Å². The number of carbonyl (C=O) groups excluding carboxylic acids is 1. The zero-order valence-electron chi connectivity index (χ0n) is 12.4. The monoisotopic (exact) mass is 268 g/mol. The van der Waals surface area contributed by atoms with E-state index in [1.165, 1.54) is 32.1 Å². The number of morpholine rings is 1. The van der Waals surface area contributed by atoms with Crippen molar-refractivity contribution in [3.05, 3.63) is 0 Å². The van der Waals surface area contributed by atoms with Crippen LogP contribution in [-0.4, -0.2) is 49.7 Å². The minimum absolute atomic E-state index is 0.0968. The third-order valence-corrected chi connectivity index (χ3v) is 4.48. The third-order valence-electron chi connectivity index (χ3n) is 4.48. The van der Waals surface area contributed by atoms with Gasteiger partial charge in [-0.15, -0.1) is 0 Å². The van der Waals surface area contributed by atoms with Crippen molar-refractivity contribution in [3.63, 3.8) is 0 Å². The number of amides is 1. The van der Waals surface area contributed by atoms with Crippen molar-refractivity contribution in [1.29, 1.82) is 0 Å². The van der Waals surface area contributed by atoms with Gasteiger partial charge in [0.25, 0.3) is 5.91 Å². The van der Waals surface area contributed by atoms with Gasteiger partial charge in [-0.2, -0.15) is 0 Å². The van der Waals surface area contributed by atoms with E-state index < -0.39 is 0 Å². The van der Waals surface area contributed by atoms with Gasteiger partial charge >= 0.3 is 0 Å². The molecule has 2 aliphatic rings. The number of unbranched alkanes of at least 4 members (excludes halogenated alkanes) is 1. The van der Waals surface area contributed by atoms with Gasteiger partial charge in [0.05, 0.1) is 6.61 Å². The second-order valence-corrected chi connectivity index (χ2v) is 6.07. The molecule has 0 radical (unpaired) electrons. The van der Waals surface area contributed by atoms with E-state index in [9.17, 15) is 4.79 Å². The van der Waals surface area contributed by atoms with Crippen LogP contribution in [-0.2, 0) is 9.53 Å². The predicted octanol–water partition coefficient (Wildman–Crippen LogP) is 1.79. The summed E-state index contributed by atoms with van der Waals surface area (Å²) in [5.41, 5.74) is 0. The Hall–Kier alpha value is -0.610. The van der Waals surface area contributed by atoms with E-state index in [2.05, 4.69) is 17.1 Å². The van der Waals surface area contributed by atoms with Gasteiger partial charge < -0.3 is 15.0 Å². The normalized spacial score (nSPS) is 26.7. The summed E-state index contributed by atoms with van der Waals surface area (Å²) in [6.07, 6.45) is 7.12. The smallest absolute Gasteiger partial charge is 0.250 e. The van der Waals surface area contributed by atoms with Crippen LogP contribution < -0.4 is 5.32 Å². The van der Waals surface area contributed by atoms with Crippen molar-refractivity contribution >= 4 is 5.91 Å². The molecule has 2 rings (SSSR count). The van der Waals surface area contributed by atoms with Crippen LogP contribution in [0.1, 0.15) is 45.4 Å². The summed E-state index contributed by atoms with van der Waals surface area (Å²) >= 11 is 0. The molecule has 19 heavy (non-hydrogen) atoms. The van der Waals surface area contributed by atoms with Gasteiger partial charge in [0.1, 0.15) is 6.10 Å². The Bertz CT molecular complexity index is 292. The molecule has 2 fully saturated rings. The first-order valence-electron chi connectivity index (χ1n) is 7.81. The average Bonchev–Trinajstić information content (AvgIpc) is 2.33. The van der Waals surface area contributed by atoms with Crippen LogP contribution in [0.3, 0.4) is 0 Å². The van der Waals surface area contributed by atoms with E-state index in [1.807, 2.05) is 7.05 Å². The molecule has 1 aliphatic carbocycles. The summed E-state index contributed by atoms with van der Waals surface area (Å²) in [6, 6.07) is 0.372. The fourth-order valence-corrected chi connectivity index (χ4v) is 2.90. The highest BCUT2D eigenvalue weighted by Crippen LogP contribution is 2.31. The summed E-state index contributed by atoms with van der Waals surface area (Å²) in [5.74, 6) is 0.802. The van der Waals surface area contributed by atoms with Crippen molar-refractivity contribution in [3.8, 4) is 0 Å². The summed E-state index contributed by atoms with van der Waals surface area (Å²) in [7, 11) is 2.04. The Kier molecular flexibility index (Phi) is 5.64. The average molecular weight is 268 g/mol. The first-order chi connectivity index (χ1) is 9.20. The number of nitrogens with one attached hydrogen (secondary N) is 1. The first kappa shape index (κ1) is 14.8. The summed E-state index contributed by atoms with van der Waals surface area (Å²) < 4.78 is 5.59. The maximum absolute atomic E-state index is 12.3. The van der Waals surface area contributed by atoms with E-state index in [0.717, 1.165) is 19.5 Å². The second-order valence-electron chi connectivity index (χ2n) is 6.07. The van der Waals surface area contributed by atoms with Crippen LogP contribution in [0.2, 0.25) is 0 Å². The molecule has 2 unspecified atom stereocenters. The standard InChI is InChI=1S/C15H28N2O2/c1-3-4-8-13(12-6-5-7-12)16-15(18)14-11-17(2)9-10-19-14/h12-14H,3-11H2,1-2H3,(H,16,18). The number of nitrogens with zero attached hydrogens (tertiary/aromatic N) is 1. The first-order valence-corrected chi connectivity index (χ1v) is 7.81. The third kappa shape index (κ3) is 4.18. The molecule has 110 valence electrons. The number of hydrogen-bond donors (Lipinski definition) is 1. The maximum Gasteiger partial charge on any atom is 0.250 e. The van der Waals surface area contributed by atoms with Gasteiger partial charge in [0.15, 0.2) is 0 Å².